The number of nitrogens with one attached hydrogen (secondary N) is 2. The fourth-order valence-electron chi connectivity index (χ4n) is 1.65. The molecule has 0 aliphatic carbocycles. The molecule has 0 spiro atoms. The van der Waals surface area contributed by atoms with Gasteiger partial charge in [-0.2, -0.15) is 10.1 Å². The summed E-state index contributed by atoms with van der Waals surface area (Å²) >= 11 is 0. The van der Waals surface area contributed by atoms with Crippen LogP contribution in [0.3, 0.4) is 0 Å². The molecule has 2 N–H and O–H groups in total. The number of hydrogen-bond acceptors (Lipinski definition) is 4. The molecule has 1 amide bonds. The van der Waals surface area contributed by atoms with Crippen molar-refractivity contribution in [2.75, 3.05) is 0 Å². The molecular formula is C14H14N4O2. The van der Waals surface area contributed by atoms with E-state index >= 15 is 0 Å². The monoisotopic (exact) mass is 270 g/mol. The number of carbonyl (C=O) groups is 1. The molecule has 0 bridgehead atoms. The van der Waals surface area contributed by atoms with Gasteiger partial charge in [-0.05, 0) is 31.0 Å². The van der Waals surface area contributed by atoms with Crippen molar-refractivity contribution in [1.82, 2.24) is 15.4 Å². The van der Waals surface area contributed by atoms with Gasteiger partial charge in [0.25, 0.3) is 5.91 Å². The molecule has 2 rings (SSSR count). The van der Waals surface area contributed by atoms with Crippen molar-refractivity contribution in [3.63, 3.8) is 0 Å². The molecular weight excluding hydrogens is 256 g/mol. The Morgan fingerprint density at radius 3 is 2.80 bits per heavy atom. The summed E-state index contributed by atoms with van der Waals surface area (Å²) in [5.74, 6) is -0.524. The van der Waals surface area contributed by atoms with E-state index in [2.05, 4.69) is 20.5 Å². The zero-order valence-electron chi connectivity index (χ0n) is 11.2. The van der Waals surface area contributed by atoms with E-state index in [1.54, 1.807) is 13.1 Å². The van der Waals surface area contributed by atoms with Crippen LogP contribution in [0.4, 0.5) is 0 Å². The van der Waals surface area contributed by atoms with E-state index in [0.29, 0.717) is 5.69 Å². The first-order valence-corrected chi connectivity index (χ1v) is 6.03. The molecule has 102 valence electrons. The third-order valence-corrected chi connectivity index (χ3v) is 2.67. The molecule has 6 nitrogen and oxygen atoms in total. The molecule has 0 aliphatic heterocycles. The Kier molecular flexibility index (Phi) is 4.05. The quantitative estimate of drug-likeness (QED) is 0.648. The molecule has 0 fully saturated rings. The van der Waals surface area contributed by atoms with E-state index in [1.165, 1.54) is 6.07 Å². The number of hydrazone groups is 1. The first-order valence-electron chi connectivity index (χ1n) is 6.03. The fraction of sp³-hybridized carbons (Fsp3) is 0.143. The molecule has 1 aromatic heterocycles. The van der Waals surface area contributed by atoms with Crippen LogP contribution in [-0.2, 0) is 0 Å². The molecule has 1 aromatic carbocycles. The zero-order valence-corrected chi connectivity index (χ0v) is 11.2. The predicted molar refractivity (Wildman–Crippen MR) is 75.8 cm³/mol. The highest BCUT2D eigenvalue weighted by atomic mass is 16.2. The maximum Gasteiger partial charge on any atom is 0.345 e. The Bertz CT molecular complexity index is 719. The molecule has 0 radical (unpaired) electrons. The number of carbonyl (C=O) groups excluding carboxylic acids is 1. The number of benzene rings is 1. The van der Waals surface area contributed by atoms with Gasteiger partial charge in [0.2, 0.25) is 0 Å². The number of aromatic nitrogens is 2. The number of rotatable bonds is 3. The van der Waals surface area contributed by atoms with Gasteiger partial charge in [0.15, 0.2) is 0 Å². The third kappa shape index (κ3) is 3.38. The first-order chi connectivity index (χ1) is 9.56. The second-order valence-corrected chi connectivity index (χ2v) is 4.31. The Labute approximate surface area is 115 Å². The number of aromatic amines is 1. The summed E-state index contributed by atoms with van der Waals surface area (Å²) in [6, 6.07) is 9.14. The van der Waals surface area contributed by atoms with Crippen molar-refractivity contribution in [3.8, 4) is 0 Å². The van der Waals surface area contributed by atoms with Gasteiger partial charge in [0, 0.05) is 5.69 Å². The standard InChI is InChI=1S/C14H14N4O2/c1-9-5-3-4-6-11(9)8-15-18-13(19)12-7-10(2)16-14(20)17-12/h3-8H,1-2H3,(H,18,19)(H,16,17,20)/b15-8+. The molecule has 0 atom stereocenters. The normalized spacial score (nSPS) is 10.7. The van der Waals surface area contributed by atoms with Gasteiger partial charge in [-0.1, -0.05) is 24.3 Å². The van der Waals surface area contributed by atoms with Gasteiger partial charge in [0.05, 0.1) is 6.21 Å². The third-order valence-electron chi connectivity index (χ3n) is 2.67. The van der Waals surface area contributed by atoms with Gasteiger partial charge in [-0.25, -0.2) is 10.2 Å². The first kappa shape index (κ1) is 13.7. The average molecular weight is 270 g/mol. The van der Waals surface area contributed by atoms with Crippen molar-refractivity contribution < 1.29 is 4.79 Å². The molecule has 0 saturated heterocycles. The largest absolute Gasteiger partial charge is 0.345 e. The van der Waals surface area contributed by atoms with E-state index in [9.17, 15) is 9.59 Å². The van der Waals surface area contributed by atoms with Crippen LogP contribution in [0.1, 0.15) is 27.3 Å². The van der Waals surface area contributed by atoms with Crippen LogP contribution in [0.5, 0.6) is 0 Å². The van der Waals surface area contributed by atoms with Crippen LogP contribution in [0.15, 0.2) is 40.2 Å². The Morgan fingerprint density at radius 2 is 2.10 bits per heavy atom. The van der Waals surface area contributed by atoms with Crippen molar-refractivity contribution in [2.24, 2.45) is 5.10 Å². The molecule has 6 heteroatoms. The SMILES string of the molecule is Cc1cc(C(=O)N/N=C/c2ccccc2C)nc(=O)[nH]1. The topological polar surface area (TPSA) is 87.2 Å². The molecule has 20 heavy (non-hydrogen) atoms. The predicted octanol–water partition coefficient (Wildman–Crippen LogP) is 1.15. The van der Waals surface area contributed by atoms with E-state index in [-0.39, 0.29) is 5.69 Å². The fourth-order valence-corrected chi connectivity index (χ4v) is 1.65. The highest BCUT2D eigenvalue weighted by Gasteiger charge is 2.07. The van der Waals surface area contributed by atoms with Gasteiger partial charge in [0.1, 0.15) is 5.69 Å². The van der Waals surface area contributed by atoms with Crippen molar-refractivity contribution in [2.45, 2.75) is 13.8 Å². The van der Waals surface area contributed by atoms with E-state index in [4.69, 9.17) is 0 Å². The van der Waals surface area contributed by atoms with E-state index in [1.807, 2.05) is 31.2 Å². The van der Waals surface area contributed by atoms with Crippen LogP contribution < -0.4 is 11.1 Å². The summed E-state index contributed by atoms with van der Waals surface area (Å²) in [5, 5.41) is 3.86. The number of hydrogen-bond donors (Lipinski definition) is 2. The lowest BCUT2D eigenvalue weighted by atomic mass is 10.1. The number of nitrogens with zero attached hydrogens (tertiary/aromatic N) is 2. The molecule has 0 saturated carbocycles. The summed E-state index contributed by atoms with van der Waals surface area (Å²) < 4.78 is 0. The minimum Gasteiger partial charge on any atom is -0.310 e. The summed E-state index contributed by atoms with van der Waals surface area (Å²) in [7, 11) is 0. The lowest BCUT2D eigenvalue weighted by Crippen LogP contribution is -2.24. The van der Waals surface area contributed by atoms with Crippen molar-refractivity contribution >= 4 is 12.1 Å². The Balaban J connectivity index is 2.09. The smallest absolute Gasteiger partial charge is 0.310 e. The molecule has 0 unspecified atom stereocenters. The van der Waals surface area contributed by atoms with Gasteiger partial charge >= 0.3 is 5.69 Å². The summed E-state index contributed by atoms with van der Waals surface area (Å²) in [6.07, 6.45) is 1.55. The lowest BCUT2D eigenvalue weighted by Gasteiger charge is -2.00. The number of amides is 1. The summed E-state index contributed by atoms with van der Waals surface area (Å²) in [4.78, 5) is 29.0. The molecule has 2 aromatic rings. The van der Waals surface area contributed by atoms with Crippen LogP contribution in [0.25, 0.3) is 0 Å². The number of H-pyrrole nitrogens is 1. The van der Waals surface area contributed by atoms with Crippen molar-refractivity contribution in [3.05, 3.63) is 63.3 Å². The minimum absolute atomic E-state index is 0.0354. The molecule has 1 heterocycles. The van der Waals surface area contributed by atoms with Crippen LogP contribution >= 0.6 is 0 Å². The zero-order chi connectivity index (χ0) is 14.5. The highest BCUT2D eigenvalue weighted by molar-refractivity contribution is 5.93. The van der Waals surface area contributed by atoms with Crippen LogP contribution in [0.2, 0.25) is 0 Å². The van der Waals surface area contributed by atoms with Gasteiger partial charge in [-0.3, -0.25) is 4.79 Å². The summed E-state index contributed by atoms with van der Waals surface area (Å²) in [5.41, 5.74) is 4.35. The Hall–Kier alpha value is -2.76. The molecule has 0 aliphatic rings. The van der Waals surface area contributed by atoms with E-state index < -0.39 is 11.6 Å². The lowest BCUT2D eigenvalue weighted by molar-refractivity contribution is 0.0949. The summed E-state index contributed by atoms with van der Waals surface area (Å²) in [6.45, 7) is 3.63. The van der Waals surface area contributed by atoms with Gasteiger partial charge < -0.3 is 4.98 Å². The van der Waals surface area contributed by atoms with Crippen molar-refractivity contribution in [1.29, 1.82) is 0 Å². The Morgan fingerprint density at radius 1 is 1.35 bits per heavy atom. The minimum atomic E-state index is -0.557. The van der Waals surface area contributed by atoms with Crippen LogP contribution in [-0.4, -0.2) is 22.1 Å². The highest BCUT2D eigenvalue weighted by Crippen LogP contribution is 2.03. The van der Waals surface area contributed by atoms with Gasteiger partial charge in [-0.15, -0.1) is 0 Å². The number of aryl methyl sites for hydroxylation is 2. The van der Waals surface area contributed by atoms with E-state index in [0.717, 1.165) is 11.1 Å². The second kappa shape index (κ2) is 5.92. The maximum atomic E-state index is 11.8. The maximum absolute atomic E-state index is 11.8. The average Bonchev–Trinajstić information content (AvgIpc) is 2.39. The van der Waals surface area contributed by atoms with Crippen LogP contribution in [0, 0.1) is 13.8 Å². The second-order valence-electron chi connectivity index (χ2n) is 4.31.